The Morgan fingerprint density at radius 3 is 2.50 bits per heavy atom. The summed E-state index contributed by atoms with van der Waals surface area (Å²) in [5.41, 5.74) is -0.386. The number of nitrogens with one attached hydrogen (secondary N) is 1. The summed E-state index contributed by atoms with van der Waals surface area (Å²) in [5, 5.41) is 3.13. The number of benzene rings is 1. The Morgan fingerprint density at radius 2 is 2.00 bits per heavy atom. The van der Waals surface area contributed by atoms with Crippen LogP contribution < -0.4 is 5.32 Å². The number of rotatable bonds is 7. The van der Waals surface area contributed by atoms with Gasteiger partial charge in [-0.3, -0.25) is 0 Å². The van der Waals surface area contributed by atoms with Crippen LogP contribution in [0.1, 0.15) is 32.8 Å². The Balaban J connectivity index is 3.08. The van der Waals surface area contributed by atoms with Gasteiger partial charge in [0.2, 0.25) is 0 Å². The number of hydrogen-bond donors (Lipinski definition) is 1. The van der Waals surface area contributed by atoms with Gasteiger partial charge in [0.05, 0.1) is 10.1 Å². The van der Waals surface area contributed by atoms with Gasteiger partial charge in [-0.05, 0) is 61.8 Å². The third-order valence-electron chi connectivity index (χ3n) is 3.81. The molecular formula is C15H22BrF2NO. The molecule has 1 rings (SSSR count). The van der Waals surface area contributed by atoms with Crippen molar-refractivity contribution in [3.05, 3.63) is 33.8 Å². The average Bonchev–Trinajstić information content (AvgIpc) is 2.43. The zero-order valence-corrected chi connectivity index (χ0v) is 14.0. The maximum Gasteiger partial charge on any atom is 0.143 e. The standard InChI is InChI=1S/C15H22BrF2NO/c1-5-15(3,20-6-2)13(19-4)9-10-12(17)8-7-11(16)14(10)18/h7-8,13,19H,5-6,9H2,1-4H3. The van der Waals surface area contributed by atoms with Gasteiger partial charge >= 0.3 is 0 Å². The molecule has 0 heterocycles. The number of halogens is 3. The summed E-state index contributed by atoms with van der Waals surface area (Å²) in [7, 11) is 1.78. The lowest BCUT2D eigenvalue weighted by Crippen LogP contribution is -2.50. The van der Waals surface area contributed by atoms with Crippen molar-refractivity contribution < 1.29 is 13.5 Å². The third kappa shape index (κ3) is 3.77. The van der Waals surface area contributed by atoms with Crippen LogP contribution in [0.4, 0.5) is 8.78 Å². The predicted octanol–water partition coefficient (Wildman–Crippen LogP) is 4.06. The highest BCUT2D eigenvalue weighted by molar-refractivity contribution is 9.10. The second kappa shape index (κ2) is 7.48. The molecule has 2 unspecified atom stereocenters. The lowest BCUT2D eigenvalue weighted by atomic mass is 9.88. The Hall–Kier alpha value is -0.520. The van der Waals surface area contributed by atoms with E-state index in [1.54, 1.807) is 7.05 Å². The highest BCUT2D eigenvalue weighted by atomic mass is 79.9. The van der Waals surface area contributed by atoms with Gasteiger partial charge in [-0.25, -0.2) is 8.78 Å². The molecule has 1 aromatic carbocycles. The third-order valence-corrected chi connectivity index (χ3v) is 4.42. The first-order valence-corrected chi connectivity index (χ1v) is 7.62. The van der Waals surface area contributed by atoms with Gasteiger partial charge in [-0.2, -0.15) is 0 Å². The van der Waals surface area contributed by atoms with E-state index in [0.717, 1.165) is 6.42 Å². The van der Waals surface area contributed by atoms with Crippen LogP contribution in [0.25, 0.3) is 0 Å². The first-order valence-electron chi connectivity index (χ1n) is 6.83. The van der Waals surface area contributed by atoms with Crippen LogP contribution in [0.3, 0.4) is 0 Å². The van der Waals surface area contributed by atoms with E-state index in [-0.39, 0.29) is 22.5 Å². The quantitative estimate of drug-likeness (QED) is 0.749. The summed E-state index contributed by atoms with van der Waals surface area (Å²) in [5.74, 6) is -1.07. The molecular weight excluding hydrogens is 328 g/mol. The van der Waals surface area contributed by atoms with Gasteiger partial charge < -0.3 is 10.1 Å². The van der Waals surface area contributed by atoms with Gasteiger partial charge in [-0.15, -0.1) is 0 Å². The number of likely N-dealkylation sites (N-methyl/N-ethyl adjacent to an activating group) is 1. The molecule has 0 fully saturated rings. The lowest BCUT2D eigenvalue weighted by molar-refractivity contribution is -0.0536. The first kappa shape index (κ1) is 17.5. The SMILES string of the molecule is CCOC(C)(CC)C(Cc1c(F)ccc(Br)c1F)NC. The van der Waals surface area contributed by atoms with Crippen LogP contribution in [-0.2, 0) is 11.2 Å². The van der Waals surface area contributed by atoms with Crippen molar-refractivity contribution in [2.45, 2.75) is 45.3 Å². The van der Waals surface area contributed by atoms with Crippen LogP contribution in [0.2, 0.25) is 0 Å². The molecule has 114 valence electrons. The highest BCUT2D eigenvalue weighted by Gasteiger charge is 2.33. The molecule has 0 saturated carbocycles. The Labute approximate surface area is 128 Å². The summed E-state index contributed by atoms with van der Waals surface area (Å²) in [6, 6.07) is 2.48. The van der Waals surface area contributed by atoms with E-state index in [4.69, 9.17) is 4.74 Å². The molecule has 0 aliphatic heterocycles. The van der Waals surface area contributed by atoms with E-state index < -0.39 is 17.2 Å². The van der Waals surface area contributed by atoms with Gasteiger partial charge in [-0.1, -0.05) is 6.92 Å². The molecule has 0 radical (unpaired) electrons. The molecule has 1 N–H and O–H groups in total. The van der Waals surface area contributed by atoms with Crippen molar-refractivity contribution in [1.29, 1.82) is 0 Å². The molecule has 2 nitrogen and oxygen atoms in total. The fraction of sp³-hybridized carbons (Fsp3) is 0.600. The lowest BCUT2D eigenvalue weighted by Gasteiger charge is -2.37. The van der Waals surface area contributed by atoms with E-state index in [1.165, 1.54) is 12.1 Å². The van der Waals surface area contributed by atoms with Crippen LogP contribution >= 0.6 is 15.9 Å². The Kier molecular flexibility index (Phi) is 6.55. The molecule has 0 bridgehead atoms. The van der Waals surface area contributed by atoms with E-state index in [2.05, 4.69) is 21.2 Å². The molecule has 0 aliphatic carbocycles. The van der Waals surface area contributed by atoms with Crippen LogP contribution in [0.15, 0.2) is 16.6 Å². The monoisotopic (exact) mass is 349 g/mol. The summed E-state index contributed by atoms with van der Waals surface area (Å²) < 4.78 is 34.0. The maximum absolute atomic E-state index is 14.1. The van der Waals surface area contributed by atoms with Crippen molar-refractivity contribution >= 4 is 15.9 Å². The Morgan fingerprint density at radius 1 is 1.35 bits per heavy atom. The molecule has 2 atom stereocenters. The molecule has 0 aliphatic rings. The normalized spacial score (nSPS) is 15.9. The van der Waals surface area contributed by atoms with E-state index in [0.29, 0.717) is 6.61 Å². The molecule has 20 heavy (non-hydrogen) atoms. The van der Waals surface area contributed by atoms with E-state index in [1.807, 2.05) is 20.8 Å². The molecule has 5 heteroatoms. The molecule has 0 spiro atoms. The van der Waals surface area contributed by atoms with Crippen molar-refractivity contribution in [3.63, 3.8) is 0 Å². The first-order chi connectivity index (χ1) is 9.39. The second-order valence-electron chi connectivity index (χ2n) is 4.97. The fourth-order valence-electron chi connectivity index (χ4n) is 2.36. The van der Waals surface area contributed by atoms with Crippen molar-refractivity contribution in [1.82, 2.24) is 5.32 Å². The Bertz CT molecular complexity index is 456. The zero-order valence-electron chi connectivity index (χ0n) is 12.4. The van der Waals surface area contributed by atoms with Gasteiger partial charge in [0.15, 0.2) is 0 Å². The van der Waals surface area contributed by atoms with E-state index in [9.17, 15) is 8.78 Å². The summed E-state index contributed by atoms with van der Waals surface area (Å²) in [6.07, 6.45) is 0.988. The number of hydrogen-bond acceptors (Lipinski definition) is 2. The van der Waals surface area contributed by atoms with Gasteiger partial charge in [0.1, 0.15) is 11.6 Å². The maximum atomic E-state index is 14.1. The highest BCUT2D eigenvalue weighted by Crippen LogP contribution is 2.27. The minimum Gasteiger partial charge on any atom is -0.374 e. The van der Waals surface area contributed by atoms with Gasteiger partial charge in [0.25, 0.3) is 0 Å². The zero-order chi connectivity index (χ0) is 15.3. The van der Waals surface area contributed by atoms with Crippen LogP contribution in [0.5, 0.6) is 0 Å². The van der Waals surface area contributed by atoms with Crippen LogP contribution in [-0.4, -0.2) is 25.3 Å². The van der Waals surface area contributed by atoms with Crippen LogP contribution in [0, 0.1) is 11.6 Å². The minimum absolute atomic E-state index is 0.0816. The van der Waals surface area contributed by atoms with Crippen molar-refractivity contribution in [2.75, 3.05) is 13.7 Å². The fourth-order valence-corrected chi connectivity index (χ4v) is 2.73. The topological polar surface area (TPSA) is 21.3 Å². The van der Waals surface area contributed by atoms with E-state index >= 15 is 0 Å². The van der Waals surface area contributed by atoms with Gasteiger partial charge in [0, 0.05) is 18.2 Å². The largest absolute Gasteiger partial charge is 0.374 e. The molecule has 0 saturated heterocycles. The second-order valence-corrected chi connectivity index (χ2v) is 5.82. The van der Waals surface area contributed by atoms with Crippen molar-refractivity contribution in [3.8, 4) is 0 Å². The average molecular weight is 350 g/mol. The molecule has 0 aromatic heterocycles. The molecule has 1 aromatic rings. The van der Waals surface area contributed by atoms with Crippen molar-refractivity contribution in [2.24, 2.45) is 0 Å². The summed E-state index contributed by atoms with van der Waals surface area (Å²) >= 11 is 3.10. The smallest absolute Gasteiger partial charge is 0.143 e. The molecule has 0 amide bonds. The summed E-state index contributed by atoms with van der Waals surface area (Å²) in [4.78, 5) is 0. The minimum atomic E-state index is -0.541. The summed E-state index contributed by atoms with van der Waals surface area (Å²) in [6.45, 7) is 6.45. The number of ether oxygens (including phenoxy) is 1. The predicted molar refractivity (Wildman–Crippen MR) is 80.9 cm³/mol.